The van der Waals surface area contributed by atoms with Gasteiger partial charge < -0.3 is 10.5 Å². The molecule has 0 aliphatic carbocycles. The van der Waals surface area contributed by atoms with Gasteiger partial charge in [0.05, 0.1) is 7.11 Å². The predicted octanol–water partition coefficient (Wildman–Crippen LogP) is 3.22. The van der Waals surface area contributed by atoms with Crippen molar-refractivity contribution in [3.8, 4) is 5.75 Å². The second kappa shape index (κ2) is 6.51. The summed E-state index contributed by atoms with van der Waals surface area (Å²) in [7, 11) is 1.51. The largest absolute Gasteiger partial charge is 0.496 e. The Bertz CT molecular complexity index is 368. The van der Waals surface area contributed by atoms with Crippen LogP contribution in [-0.2, 0) is 0 Å². The molecule has 0 radical (unpaired) electrons. The first-order chi connectivity index (χ1) is 7.04. The number of ether oxygens (including phenoxy) is 1. The van der Waals surface area contributed by atoms with Crippen molar-refractivity contribution < 1.29 is 9.13 Å². The van der Waals surface area contributed by atoms with Gasteiger partial charge in [-0.2, -0.15) is 0 Å². The van der Waals surface area contributed by atoms with Gasteiger partial charge in [-0.1, -0.05) is 11.6 Å². The van der Waals surface area contributed by atoms with Gasteiger partial charge in [0.2, 0.25) is 0 Å². The summed E-state index contributed by atoms with van der Waals surface area (Å²) in [5, 5.41) is 0. The summed E-state index contributed by atoms with van der Waals surface area (Å²) in [6, 6.07) is 4.18. The van der Waals surface area contributed by atoms with Crippen LogP contribution in [0.3, 0.4) is 0 Å². The van der Waals surface area contributed by atoms with E-state index >= 15 is 0 Å². The van der Waals surface area contributed by atoms with Crippen molar-refractivity contribution in [1.82, 2.24) is 0 Å². The summed E-state index contributed by atoms with van der Waals surface area (Å²) in [6.45, 7) is 5.71. The number of rotatable bonds is 4. The molecule has 4 heteroatoms. The van der Waals surface area contributed by atoms with Crippen LogP contribution in [0.4, 0.5) is 4.39 Å². The minimum atomic E-state index is -0.321. The molecule has 1 aromatic rings. The molecule has 0 amide bonds. The normalized spacial score (nSPS) is 11.5. The summed E-state index contributed by atoms with van der Waals surface area (Å²) in [5.74, 6) is 0.168. The number of hydrogen-bond acceptors (Lipinski definition) is 2. The van der Waals surface area contributed by atoms with Gasteiger partial charge in [0.15, 0.2) is 0 Å². The van der Waals surface area contributed by atoms with Crippen LogP contribution in [0.15, 0.2) is 30.4 Å². The number of halogens is 2. The number of nitrogens with two attached hydrogens (primary N) is 1. The zero-order valence-electron chi connectivity index (χ0n) is 9.50. The standard InChI is InChI=1S/C12H16FNO.ClH/c1-8(2)6-11(14)10-5-4-9(13)7-12(10)15-3;/h4-5,7,11H,1,6,14H2,2-3H3;1H/t11-;/m1./s1. The SMILES string of the molecule is C=C(C)C[C@@H](N)c1ccc(F)cc1OC.Cl. The lowest BCUT2D eigenvalue weighted by molar-refractivity contribution is 0.402. The first-order valence-corrected chi connectivity index (χ1v) is 4.78. The quantitative estimate of drug-likeness (QED) is 0.827. The lowest BCUT2D eigenvalue weighted by Crippen LogP contribution is -2.11. The molecule has 1 atom stereocenters. The second-order valence-corrected chi connectivity index (χ2v) is 3.65. The van der Waals surface area contributed by atoms with Crippen LogP contribution in [0.1, 0.15) is 24.9 Å². The molecule has 2 nitrogen and oxygen atoms in total. The summed E-state index contributed by atoms with van der Waals surface area (Å²) >= 11 is 0. The van der Waals surface area contributed by atoms with Gasteiger partial charge in [-0.05, 0) is 19.4 Å². The van der Waals surface area contributed by atoms with Crippen LogP contribution in [0.5, 0.6) is 5.75 Å². The van der Waals surface area contributed by atoms with E-state index in [1.165, 1.54) is 19.2 Å². The van der Waals surface area contributed by atoms with Crippen LogP contribution < -0.4 is 10.5 Å². The van der Waals surface area contributed by atoms with Crippen LogP contribution >= 0.6 is 12.4 Å². The third-order valence-corrected chi connectivity index (χ3v) is 2.16. The fraction of sp³-hybridized carbons (Fsp3) is 0.333. The van der Waals surface area contributed by atoms with Crippen molar-refractivity contribution in [2.24, 2.45) is 5.73 Å². The molecule has 0 saturated carbocycles. The Morgan fingerprint density at radius 3 is 2.69 bits per heavy atom. The highest BCUT2D eigenvalue weighted by molar-refractivity contribution is 5.85. The lowest BCUT2D eigenvalue weighted by Gasteiger charge is -2.15. The van der Waals surface area contributed by atoms with Crippen molar-refractivity contribution in [3.63, 3.8) is 0 Å². The highest BCUT2D eigenvalue weighted by Crippen LogP contribution is 2.27. The van der Waals surface area contributed by atoms with Gasteiger partial charge in [0.1, 0.15) is 11.6 Å². The minimum Gasteiger partial charge on any atom is -0.496 e. The summed E-state index contributed by atoms with van der Waals surface area (Å²) in [4.78, 5) is 0. The zero-order valence-corrected chi connectivity index (χ0v) is 10.3. The molecule has 0 aromatic heterocycles. The molecule has 0 aliphatic rings. The fourth-order valence-corrected chi connectivity index (χ4v) is 1.48. The molecule has 0 aliphatic heterocycles. The molecule has 0 bridgehead atoms. The first-order valence-electron chi connectivity index (χ1n) is 4.78. The van der Waals surface area contributed by atoms with Gasteiger partial charge in [-0.3, -0.25) is 0 Å². The Kier molecular flexibility index (Phi) is 6.08. The van der Waals surface area contributed by atoms with Crippen molar-refractivity contribution in [2.75, 3.05) is 7.11 Å². The molecular weight excluding hydrogens is 229 g/mol. The third-order valence-electron chi connectivity index (χ3n) is 2.16. The first kappa shape index (κ1) is 14.9. The molecule has 0 unspecified atom stereocenters. The molecule has 16 heavy (non-hydrogen) atoms. The summed E-state index contributed by atoms with van der Waals surface area (Å²) in [5.41, 5.74) is 7.76. The van der Waals surface area contributed by atoms with E-state index in [1.54, 1.807) is 6.07 Å². The molecule has 0 saturated heterocycles. The van der Waals surface area contributed by atoms with Crippen molar-refractivity contribution >= 4 is 12.4 Å². The Morgan fingerprint density at radius 2 is 2.19 bits per heavy atom. The van der Waals surface area contributed by atoms with Gasteiger partial charge in [0, 0.05) is 17.7 Å². The second-order valence-electron chi connectivity index (χ2n) is 3.65. The Hall–Kier alpha value is -1.06. The molecule has 1 rings (SSSR count). The Labute approximate surface area is 102 Å². The smallest absolute Gasteiger partial charge is 0.126 e. The highest BCUT2D eigenvalue weighted by Gasteiger charge is 2.12. The van der Waals surface area contributed by atoms with Gasteiger partial charge in [-0.25, -0.2) is 4.39 Å². The maximum Gasteiger partial charge on any atom is 0.126 e. The number of methoxy groups -OCH3 is 1. The topological polar surface area (TPSA) is 35.2 Å². The van der Waals surface area contributed by atoms with Crippen LogP contribution in [0, 0.1) is 5.82 Å². The maximum absolute atomic E-state index is 12.9. The monoisotopic (exact) mass is 245 g/mol. The lowest BCUT2D eigenvalue weighted by atomic mass is 10.0. The highest BCUT2D eigenvalue weighted by atomic mass is 35.5. The summed E-state index contributed by atoms with van der Waals surface area (Å²) in [6.07, 6.45) is 0.669. The average molecular weight is 246 g/mol. The predicted molar refractivity (Wildman–Crippen MR) is 66.6 cm³/mol. The average Bonchev–Trinajstić information content (AvgIpc) is 2.16. The van der Waals surface area contributed by atoms with E-state index in [1.807, 2.05) is 6.92 Å². The molecule has 0 fully saturated rings. The minimum absolute atomic E-state index is 0. The van der Waals surface area contributed by atoms with Crippen molar-refractivity contribution in [1.29, 1.82) is 0 Å². The van der Waals surface area contributed by atoms with Gasteiger partial charge >= 0.3 is 0 Å². The van der Waals surface area contributed by atoms with Gasteiger partial charge in [-0.15, -0.1) is 19.0 Å². The summed E-state index contributed by atoms with van der Waals surface area (Å²) < 4.78 is 18.0. The zero-order chi connectivity index (χ0) is 11.4. The van der Waals surface area contributed by atoms with E-state index in [-0.39, 0.29) is 24.3 Å². The van der Waals surface area contributed by atoms with E-state index in [0.29, 0.717) is 12.2 Å². The van der Waals surface area contributed by atoms with Crippen LogP contribution in [-0.4, -0.2) is 7.11 Å². The Balaban J connectivity index is 0.00000225. The third kappa shape index (κ3) is 3.83. The van der Waals surface area contributed by atoms with E-state index in [0.717, 1.165) is 11.1 Å². The molecular formula is C12H17ClFNO. The van der Waals surface area contributed by atoms with E-state index < -0.39 is 0 Å². The van der Waals surface area contributed by atoms with Crippen LogP contribution in [0.25, 0.3) is 0 Å². The molecule has 2 N–H and O–H groups in total. The van der Waals surface area contributed by atoms with Crippen LogP contribution in [0.2, 0.25) is 0 Å². The van der Waals surface area contributed by atoms with E-state index in [2.05, 4.69) is 6.58 Å². The molecule has 1 aromatic carbocycles. The molecule has 0 heterocycles. The van der Waals surface area contributed by atoms with Crippen molar-refractivity contribution in [2.45, 2.75) is 19.4 Å². The maximum atomic E-state index is 12.9. The van der Waals surface area contributed by atoms with Crippen molar-refractivity contribution in [3.05, 3.63) is 41.7 Å². The van der Waals surface area contributed by atoms with Gasteiger partial charge in [0.25, 0.3) is 0 Å². The molecule has 90 valence electrons. The Morgan fingerprint density at radius 1 is 1.56 bits per heavy atom. The van der Waals surface area contributed by atoms with E-state index in [4.69, 9.17) is 10.5 Å². The number of hydrogen-bond donors (Lipinski definition) is 1. The van der Waals surface area contributed by atoms with E-state index in [9.17, 15) is 4.39 Å². The number of benzene rings is 1. The fourth-order valence-electron chi connectivity index (χ4n) is 1.48. The molecule has 0 spiro atoms.